The maximum atomic E-state index is 10.7. The Balaban J connectivity index is 1.34. The molecule has 2 nitrogen and oxygen atoms in total. The van der Waals surface area contributed by atoms with Crippen molar-refractivity contribution in [2.45, 2.75) is 130 Å². The number of hydrogen-bond donors (Lipinski definition) is 1. The zero-order chi connectivity index (χ0) is 21.5. The topological polar surface area (TPSA) is 32.8 Å². The van der Waals surface area contributed by atoms with E-state index in [0.717, 1.165) is 18.3 Å². The van der Waals surface area contributed by atoms with Crippen molar-refractivity contribution in [3.05, 3.63) is 11.1 Å². The van der Waals surface area contributed by atoms with Crippen LogP contribution in [0.3, 0.4) is 0 Å². The molecule has 0 aromatic heterocycles. The summed E-state index contributed by atoms with van der Waals surface area (Å²) in [5.74, 6) is 2.40. The van der Waals surface area contributed by atoms with Crippen LogP contribution >= 0.6 is 0 Å². The quantitative estimate of drug-likeness (QED) is 0.395. The first-order valence-electron chi connectivity index (χ1n) is 13.1. The van der Waals surface area contributed by atoms with Crippen molar-refractivity contribution in [3.63, 3.8) is 0 Å². The van der Waals surface area contributed by atoms with Gasteiger partial charge in [-0.25, -0.2) is 0 Å². The average Bonchev–Trinajstić information content (AvgIpc) is 3.13. The standard InChI is InChI=1S/C28H46O2/c1-25(2)22-13-11-19-20-12-10-18(8-7-9-24-26(3,4)30-24)27(20,5)16-14-21(19)28(22,6)17-15-23(25)29/h18,20,22-24,29H,7-17H2,1-6H3. The molecule has 5 aliphatic rings. The molecular weight excluding hydrogens is 368 g/mol. The van der Waals surface area contributed by atoms with Crippen molar-refractivity contribution in [1.29, 1.82) is 0 Å². The molecular formula is C28H46O2. The molecule has 0 amide bonds. The Labute approximate surface area is 185 Å². The lowest BCUT2D eigenvalue weighted by Crippen LogP contribution is -2.53. The van der Waals surface area contributed by atoms with Crippen LogP contribution in [0.4, 0.5) is 0 Å². The van der Waals surface area contributed by atoms with Gasteiger partial charge in [-0.1, -0.05) is 45.3 Å². The van der Waals surface area contributed by atoms with Gasteiger partial charge in [0.2, 0.25) is 0 Å². The Bertz CT molecular complexity index is 733. The summed E-state index contributed by atoms with van der Waals surface area (Å²) in [7, 11) is 0. The van der Waals surface area contributed by atoms with Gasteiger partial charge in [0.15, 0.2) is 0 Å². The van der Waals surface area contributed by atoms with E-state index >= 15 is 0 Å². The number of hydrogen-bond acceptors (Lipinski definition) is 2. The van der Waals surface area contributed by atoms with Crippen LogP contribution in [0, 0.1) is 34.0 Å². The van der Waals surface area contributed by atoms with Crippen LogP contribution < -0.4 is 0 Å². The molecule has 3 fully saturated rings. The first-order valence-corrected chi connectivity index (χ1v) is 13.1. The molecule has 2 saturated carbocycles. The van der Waals surface area contributed by atoms with Crippen molar-refractivity contribution >= 4 is 0 Å². The third kappa shape index (κ3) is 3.02. The Kier molecular flexibility index (Phi) is 4.90. The fraction of sp³-hybridized carbons (Fsp3) is 0.929. The normalized spacial score (nSPS) is 48.7. The molecule has 4 aliphatic carbocycles. The summed E-state index contributed by atoms with van der Waals surface area (Å²) in [6, 6.07) is 0. The maximum absolute atomic E-state index is 10.7. The molecule has 2 heteroatoms. The molecule has 170 valence electrons. The van der Waals surface area contributed by atoms with Gasteiger partial charge in [-0.3, -0.25) is 0 Å². The van der Waals surface area contributed by atoms with Crippen LogP contribution in [0.15, 0.2) is 11.1 Å². The maximum Gasteiger partial charge on any atom is 0.0892 e. The highest BCUT2D eigenvalue weighted by Gasteiger charge is 2.58. The average molecular weight is 415 g/mol. The molecule has 1 heterocycles. The molecule has 30 heavy (non-hydrogen) atoms. The van der Waals surface area contributed by atoms with Crippen molar-refractivity contribution in [1.82, 2.24) is 0 Å². The molecule has 1 N–H and O–H groups in total. The van der Waals surface area contributed by atoms with Gasteiger partial charge in [0.05, 0.1) is 17.8 Å². The van der Waals surface area contributed by atoms with E-state index in [0.29, 0.717) is 22.9 Å². The molecule has 0 spiro atoms. The van der Waals surface area contributed by atoms with Crippen LogP contribution in [0.5, 0.6) is 0 Å². The summed E-state index contributed by atoms with van der Waals surface area (Å²) in [6.07, 6.45) is 14.8. The summed E-state index contributed by atoms with van der Waals surface area (Å²) in [5.41, 5.74) is 4.83. The highest BCUT2D eigenvalue weighted by atomic mass is 16.6. The molecule has 7 unspecified atom stereocenters. The van der Waals surface area contributed by atoms with Crippen molar-refractivity contribution in [3.8, 4) is 0 Å². The minimum absolute atomic E-state index is 0.0587. The Morgan fingerprint density at radius 3 is 2.33 bits per heavy atom. The second kappa shape index (κ2) is 6.83. The lowest BCUT2D eigenvalue weighted by molar-refractivity contribution is -0.0928. The molecule has 0 aromatic rings. The fourth-order valence-corrected chi connectivity index (χ4v) is 9.16. The number of ether oxygens (including phenoxy) is 1. The number of aliphatic hydroxyl groups is 1. The number of fused-ring (bicyclic) bond motifs is 4. The Morgan fingerprint density at radius 2 is 1.63 bits per heavy atom. The molecule has 0 bridgehead atoms. The predicted molar refractivity (Wildman–Crippen MR) is 123 cm³/mol. The lowest BCUT2D eigenvalue weighted by Gasteiger charge is -2.59. The molecule has 0 aromatic carbocycles. The largest absolute Gasteiger partial charge is 0.393 e. The second-order valence-corrected chi connectivity index (χ2v) is 13.4. The van der Waals surface area contributed by atoms with E-state index in [-0.39, 0.29) is 17.1 Å². The second-order valence-electron chi connectivity index (χ2n) is 13.4. The van der Waals surface area contributed by atoms with Gasteiger partial charge in [-0.05, 0) is 112 Å². The van der Waals surface area contributed by atoms with Crippen LogP contribution in [-0.4, -0.2) is 22.9 Å². The molecule has 1 aliphatic heterocycles. The minimum Gasteiger partial charge on any atom is -0.393 e. The van der Waals surface area contributed by atoms with Crippen molar-refractivity contribution < 1.29 is 9.84 Å². The lowest BCUT2D eigenvalue weighted by atomic mass is 9.46. The third-order valence-corrected chi connectivity index (χ3v) is 11.3. The predicted octanol–water partition coefficient (Wildman–Crippen LogP) is 7.05. The monoisotopic (exact) mass is 414 g/mol. The first-order chi connectivity index (χ1) is 14.0. The number of rotatable bonds is 4. The van der Waals surface area contributed by atoms with E-state index < -0.39 is 0 Å². The van der Waals surface area contributed by atoms with Gasteiger partial charge < -0.3 is 9.84 Å². The van der Waals surface area contributed by atoms with Crippen molar-refractivity contribution in [2.75, 3.05) is 0 Å². The van der Waals surface area contributed by atoms with Gasteiger partial charge >= 0.3 is 0 Å². The molecule has 7 atom stereocenters. The zero-order valence-electron chi connectivity index (χ0n) is 20.5. The van der Waals surface area contributed by atoms with E-state index in [1.165, 1.54) is 64.2 Å². The first kappa shape index (κ1) is 21.5. The smallest absolute Gasteiger partial charge is 0.0892 e. The van der Waals surface area contributed by atoms with Crippen LogP contribution in [0.2, 0.25) is 0 Å². The highest BCUT2D eigenvalue weighted by molar-refractivity contribution is 5.35. The van der Waals surface area contributed by atoms with Crippen LogP contribution in [-0.2, 0) is 4.74 Å². The SMILES string of the molecule is CC1(C)OC1CCCC1CCC2C3=C(CCC12C)C1(C)CCC(O)C(C)(C)C1CC3. The zero-order valence-corrected chi connectivity index (χ0v) is 20.5. The van der Waals surface area contributed by atoms with Crippen LogP contribution in [0.1, 0.15) is 112 Å². The highest BCUT2D eigenvalue weighted by Crippen LogP contribution is 2.67. The van der Waals surface area contributed by atoms with Gasteiger partial charge in [0.1, 0.15) is 0 Å². The fourth-order valence-electron chi connectivity index (χ4n) is 9.16. The minimum atomic E-state index is -0.122. The van der Waals surface area contributed by atoms with Gasteiger partial charge in [-0.2, -0.15) is 0 Å². The molecule has 5 rings (SSSR count). The summed E-state index contributed by atoms with van der Waals surface area (Å²) in [6.45, 7) is 14.4. The molecule has 0 radical (unpaired) electrons. The number of epoxide rings is 1. The number of aliphatic hydroxyl groups excluding tert-OH is 1. The van der Waals surface area contributed by atoms with Crippen molar-refractivity contribution in [2.24, 2.45) is 34.0 Å². The summed E-state index contributed by atoms with van der Waals surface area (Å²) < 4.78 is 5.83. The van der Waals surface area contributed by atoms with E-state index in [1.807, 2.05) is 11.1 Å². The summed E-state index contributed by atoms with van der Waals surface area (Å²) in [4.78, 5) is 0. The van der Waals surface area contributed by atoms with E-state index in [2.05, 4.69) is 41.5 Å². The van der Waals surface area contributed by atoms with E-state index in [1.54, 1.807) is 0 Å². The van der Waals surface area contributed by atoms with Crippen LogP contribution in [0.25, 0.3) is 0 Å². The summed E-state index contributed by atoms with van der Waals surface area (Å²) >= 11 is 0. The van der Waals surface area contributed by atoms with Gasteiger partial charge in [0, 0.05) is 0 Å². The van der Waals surface area contributed by atoms with E-state index in [4.69, 9.17) is 4.74 Å². The Morgan fingerprint density at radius 1 is 0.900 bits per heavy atom. The summed E-state index contributed by atoms with van der Waals surface area (Å²) in [5, 5.41) is 10.7. The third-order valence-electron chi connectivity index (χ3n) is 11.3. The van der Waals surface area contributed by atoms with Gasteiger partial charge in [0.25, 0.3) is 0 Å². The Hall–Kier alpha value is -0.340. The van der Waals surface area contributed by atoms with Gasteiger partial charge in [-0.15, -0.1) is 0 Å². The molecule has 1 saturated heterocycles. The van der Waals surface area contributed by atoms with E-state index in [9.17, 15) is 5.11 Å². The number of allylic oxidation sites excluding steroid dienone is 2.